The van der Waals surface area contributed by atoms with Gasteiger partial charge in [-0.25, -0.2) is 4.39 Å². The molecule has 2 fully saturated rings. The van der Waals surface area contributed by atoms with Crippen LogP contribution >= 0.6 is 0 Å². The van der Waals surface area contributed by atoms with Gasteiger partial charge in [-0.15, -0.1) is 0 Å². The molecule has 0 spiro atoms. The van der Waals surface area contributed by atoms with Crippen LogP contribution in [0.1, 0.15) is 31.2 Å². The van der Waals surface area contributed by atoms with Gasteiger partial charge in [0.15, 0.2) is 0 Å². The van der Waals surface area contributed by atoms with Crippen LogP contribution in [-0.2, 0) is 11.2 Å². The SMILES string of the molecule is CN(C)CC1(NC(=O)C2(Cc3cccc(F)c3)CC2)CC1. The van der Waals surface area contributed by atoms with E-state index in [4.69, 9.17) is 0 Å². The van der Waals surface area contributed by atoms with Crippen molar-refractivity contribution < 1.29 is 9.18 Å². The lowest BCUT2D eigenvalue weighted by Gasteiger charge is -2.25. The lowest BCUT2D eigenvalue weighted by Crippen LogP contribution is -2.47. The summed E-state index contributed by atoms with van der Waals surface area (Å²) in [4.78, 5) is 14.8. The van der Waals surface area contributed by atoms with Crippen molar-refractivity contribution in [1.82, 2.24) is 10.2 Å². The number of hydrogen-bond acceptors (Lipinski definition) is 2. The van der Waals surface area contributed by atoms with Gasteiger partial charge < -0.3 is 10.2 Å². The first kappa shape index (κ1) is 14.5. The maximum Gasteiger partial charge on any atom is 0.227 e. The number of carbonyl (C=O) groups excluding carboxylic acids is 1. The molecule has 2 aliphatic rings. The van der Waals surface area contributed by atoms with Crippen LogP contribution in [0, 0.1) is 11.2 Å². The van der Waals surface area contributed by atoms with Crippen LogP contribution in [0.3, 0.4) is 0 Å². The van der Waals surface area contributed by atoms with Gasteiger partial charge in [0, 0.05) is 6.54 Å². The zero-order chi connectivity index (χ0) is 15.1. The molecule has 114 valence electrons. The number of likely N-dealkylation sites (N-methyl/N-ethyl adjacent to an activating group) is 1. The predicted octanol–water partition coefficient (Wildman–Crippen LogP) is 2.36. The van der Waals surface area contributed by atoms with Crippen molar-refractivity contribution in [3.05, 3.63) is 35.6 Å². The maximum atomic E-state index is 13.3. The molecule has 2 aliphatic carbocycles. The van der Waals surface area contributed by atoms with Crippen LogP contribution in [0.2, 0.25) is 0 Å². The van der Waals surface area contributed by atoms with E-state index >= 15 is 0 Å². The zero-order valence-electron chi connectivity index (χ0n) is 12.8. The summed E-state index contributed by atoms with van der Waals surface area (Å²) in [5, 5.41) is 3.26. The number of amides is 1. The topological polar surface area (TPSA) is 32.3 Å². The van der Waals surface area contributed by atoms with E-state index in [0.29, 0.717) is 6.42 Å². The summed E-state index contributed by atoms with van der Waals surface area (Å²) in [5.74, 6) is -0.0684. The molecular weight excluding hydrogens is 267 g/mol. The van der Waals surface area contributed by atoms with E-state index < -0.39 is 0 Å². The molecule has 0 bridgehead atoms. The van der Waals surface area contributed by atoms with E-state index in [1.807, 2.05) is 20.2 Å². The van der Waals surface area contributed by atoms with Gasteiger partial charge in [0.25, 0.3) is 0 Å². The maximum absolute atomic E-state index is 13.3. The van der Waals surface area contributed by atoms with Crippen LogP contribution in [0.4, 0.5) is 4.39 Å². The van der Waals surface area contributed by atoms with E-state index in [0.717, 1.165) is 37.8 Å². The van der Waals surface area contributed by atoms with Crippen molar-refractivity contribution in [3.63, 3.8) is 0 Å². The molecule has 1 amide bonds. The quantitative estimate of drug-likeness (QED) is 0.872. The summed E-state index contributed by atoms with van der Waals surface area (Å²) in [6.07, 6.45) is 4.59. The summed E-state index contributed by atoms with van der Waals surface area (Å²) in [5.41, 5.74) is 0.605. The van der Waals surface area contributed by atoms with Gasteiger partial charge in [0.05, 0.1) is 11.0 Å². The third-order valence-electron chi connectivity index (χ3n) is 4.62. The lowest BCUT2D eigenvalue weighted by molar-refractivity contribution is -0.127. The standard InChI is InChI=1S/C17H23FN2O/c1-20(2)12-17(8-9-17)19-15(21)16(6-7-16)11-13-4-3-5-14(18)10-13/h3-5,10H,6-9,11-12H2,1-2H3,(H,19,21). The van der Waals surface area contributed by atoms with E-state index in [1.165, 1.54) is 6.07 Å². The highest BCUT2D eigenvalue weighted by Gasteiger charge is 2.54. The first-order valence-corrected chi connectivity index (χ1v) is 7.65. The fourth-order valence-corrected chi connectivity index (χ4v) is 3.12. The Morgan fingerprint density at radius 1 is 1.29 bits per heavy atom. The number of carbonyl (C=O) groups is 1. The highest BCUT2D eigenvalue weighted by atomic mass is 19.1. The van der Waals surface area contributed by atoms with Crippen molar-refractivity contribution in [3.8, 4) is 0 Å². The van der Waals surface area contributed by atoms with Gasteiger partial charge in [0.2, 0.25) is 5.91 Å². The smallest absolute Gasteiger partial charge is 0.227 e. The molecule has 2 saturated carbocycles. The molecule has 0 heterocycles. The van der Waals surface area contributed by atoms with Crippen molar-refractivity contribution in [2.45, 2.75) is 37.6 Å². The molecule has 3 nitrogen and oxygen atoms in total. The Kier molecular flexibility index (Phi) is 3.52. The molecule has 1 aromatic carbocycles. The highest BCUT2D eigenvalue weighted by molar-refractivity contribution is 5.86. The summed E-state index contributed by atoms with van der Waals surface area (Å²) in [6.45, 7) is 0.898. The van der Waals surface area contributed by atoms with Crippen LogP contribution in [-0.4, -0.2) is 37.0 Å². The van der Waals surface area contributed by atoms with Crippen LogP contribution in [0.5, 0.6) is 0 Å². The summed E-state index contributed by atoms with van der Waals surface area (Å²) in [6, 6.07) is 6.61. The minimum absolute atomic E-state index is 0.0158. The Morgan fingerprint density at radius 3 is 2.52 bits per heavy atom. The summed E-state index contributed by atoms with van der Waals surface area (Å²) in [7, 11) is 4.07. The van der Waals surface area contributed by atoms with Crippen molar-refractivity contribution >= 4 is 5.91 Å². The zero-order valence-corrected chi connectivity index (χ0v) is 12.8. The number of benzene rings is 1. The van der Waals surface area contributed by atoms with E-state index in [2.05, 4.69) is 10.2 Å². The van der Waals surface area contributed by atoms with Crippen molar-refractivity contribution in [2.24, 2.45) is 5.41 Å². The largest absolute Gasteiger partial charge is 0.349 e. The van der Waals surface area contributed by atoms with E-state index in [-0.39, 0.29) is 22.7 Å². The molecule has 0 saturated heterocycles. The molecule has 3 rings (SSSR count). The molecule has 1 aromatic rings. The molecule has 0 unspecified atom stereocenters. The minimum atomic E-state index is -0.296. The fraction of sp³-hybridized carbons (Fsp3) is 0.588. The average molecular weight is 290 g/mol. The molecule has 0 radical (unpaired) electrons. The Hall–Kier alpha value is -1.42. The third kappa shape index (κ3) is 3.26. The fourth-order valence-electron chi connectivity index (χ4n) is 3.12. The van der Waals surface area contributed by atoms with Gasteiger partial charge in [-0.2, -0.15) is 0 Å². The van der Waals surface area contributed by atoms with Gasteiger partial charge in [-0.3, -0.25) is 4.79 Å². The van der Waals surface area contributed by atoms with E-state index in [9.17, 15) is 9.18 Å². The van der Waals surface area contributed by atoms with Crippen LogP contribution < -0.4 is 5.32 Å². The van der Waals surface area contributed by atoms with Gasteiger partial charge in [-0.05, 0) is 63.9 Å². The van der Waals surface area contributed by atoms with Gasteiger partial charge in [0.1, 0.15) is 5.82 Å². The van der Waals surface area contributed by atoms with E-state index in [1.54, 1.807) is 12.1 Å². The second kappa shape index (κ2) is 5.09. The monoisotopic (exact) mass is 290 g/mol. The second-order valence-electron chi connectivity index (χ2n) is 7.06. The van der Waals surface area contributed by atoms with Crippen molar-refractivity contribution in [1.29, 1.82) is 0 Å². The summed E-state index contributed by atoms with van der Waals surface area (Å²) < 4.78 is 13.3. The number of halogens is 1. The van der Waals surface area contributed by atoms with Crippen molar-refractivity contribution in [2.75, 3.05) is 20.6 Å². The molecule has 1 N–H and O–H groups in total. The molecule has 0 aromatic heterocycles. The normalized spacial score (nSPS) is 21.1. The Labute approximate surface area is 125 Å². The lowest BCUT2D eigenvalue weighted by atomic mass is 9.95. The molecule has 21 heavy (non-hydrogen) atoms. The molecule has 0 atom stereocenters. The number of rotatable bonds is 6. The second-order valence-corrected chi connectivity index (χ2v) is 7.06. The first-order valence-electron chi connectivity index (χ1n) is 7.65. The molecule has 0 aliphatic heterocycles. The van der Waals surface area contributed by atoms with Gasteiger partial charge >= 0.3 is 0 Å². The third-order valence-corrected chi connectivity index (χ3v) is 4.62. The number of nitrogens with zero attached hydrogens (tertiary/aromatic N) is 1. The average Bonchev–Trinajstić information content (AvgIpc) is 3.28. The number of hydrogen-bond donors (Lipinski definition) is 1. The highest BCUT2D eigenvalue weighted by Crippen LogP contribution is 2.50. The van der Waals surface area contributed by atoms with Crippen LogP contribution in [0.25, 0.3) is 0 Å². The molecular formula is C17H23FN2O. The van der Waals surface area contributed by atoms with Gasteiger partial charge in [-0.1, -0.05) is 12.1 Å². The first-order chi connectivity index (χ1) is 9.93. The number of nitrogens with one attached hydrogen (secondary N) is 1. The predicted molar refractivity (Wildman–Crippen MR) is 80.4 cm³/mol. The molecule has 4 heteroatoms. The summed E-state index contributed by atoms with van der Waals surface area (Å²) >= 11 is 0. The Morgan fingerprint density at radius 2 is 2.00 bits per heavy atom. The Bertz CT molecular complexity index is 547. The van der Waals surface area contributed by atoms with Crippen LogP contribution in [0.15, 0.2) is 24.3 Å². The Balaban J connectivity index is 1.64. The minimum Gasteiger partial charge on any atom is -0.349 e.